The van der Waals surface area contributed by atoms with Gasteiger partial charge in [0.15, 0.2) is 12.0 Å². The first-order valence-corrected chi connectivity index (χ1v) is 4.20. The van der Waals surface area contributed by atoms with E-state index in [1.807, 2.05) is 13.2 Å². The summed E-state index contributed by atoms with van der Waals surface area (Å²) in [6.45, 7) is 2.61. The average Bonchev–Trinajstić information content (AvgIpc) is 2.30. The van der Waals surface area contributed by atoms with Crippen LogP contribution in [0.5, 0.6) is 0 Å². The molecule has 1 rings (SSSR count). The lowest BCUT2D eigenvalue weighted by Crippen LogP contribution is -1.97. The molecule has 55 valence electrons. The van der Waals surface area contributed by atoms with Gasteiger partial charge < -0.3 is 0 Å². The number of nitrogens with zero attached hydrogens (tertiary/aromatic N) is 2. The van der Waals surface area contributed by atoms with Crippen molar-refractivity contribution in [2.24, 2.45) is 0 Å². The van der Waals surface area contributed by atoms with Gasteiger partial charge in [-0.3, -0.25) is 4.68 Å². The lowest BCUT2D eigenvalue weighted by Gasteiger charge is -1.98. The Morgan fingerprint density at radius 3 is 2.90 bits per heavy atom. The molecule has 0 fully saturated rings. The van der Waals surface area contributed by atoms with Crippen LogP contribution >= 0.6 is 11.8 Å². The Bertz CT molecular complexity index is 222. The third kappa shape index (κ3) is 1.16. The van der Waals surface area contributed by atoms with Crippen LogP contribution in [0.2, 0.25) is 0 Å². The summed E-state index contributed by atoms with van der Waals surface area (Å²) in [5, 5.41) is 4.26. The highest BCUT2D eigenvalue weighted by Gasteiger charge is 2.07. The zero-order chi connectivity index (χ0) is 7.56. The second-order valence-electron chi connectivity index (χ2n) is 1.75. The summed E-state index contributed by atoms with van der Waals surface area (Å²) in [6.07, 6.45) is 4.08. The maximum Gasteiger partial charge on any atom is 0.184 e. The van der Waals surface area contributed by atoms with Crippen molar-refractivity contribution in [1.29, 1.82) is 0 Å². The molecule has 1 aromatic heterocycles. The van der Waals surface area contributed by atoms with E-state index in [0.717, 1.165) is 0 Å². The van der Waals surface area contributed by atoms with Crippen LogP contribution in [0.4, 0.5) is 4.39 Å². The van der Waals surface area contributed by atoms with Crippen LogP contribution in [0, 0.1) is 12.0 Å². The second kappa shape index (κ2) is 3.05. The van der Waals surface area contributed by atoms with Gasteiger partial charge in [-0.25, -0.2) is 4.39 Å². The molecule has 1 aromatic rings. The van der Waals surface area contributed by atoms with E-state index in [0.29, 0.717) is 11.6 Å². The molecular formula is C6H8FN2S. The predicted octanol–water partition coefficient (Wildman–Crippen LogP) is 1.56. The quantitative estimate of drug-likeness (QED) is 0.609. The Kier molecular flexibility index (Phi) is 2.32. The molecule has 0 atom stereocenters. The van der Waals surface area contributed by atoms with Gasteiger partial charge in [0.25, 0.3) is 0 Å². The average molecular weight is 159 g/mol. The SMILES string of the molecule is CCn1n[c]c(F)c1SC. The molecule has 10 heavy (non-hydrogen) atoms. The molecule has 0 unspecified atom stereocenters. The third-order valence-corrected chi connectivity index (χ3v) is 1.96. The molecule has 0 aliphatic heterocycles. The minimum Gasteiger partial charge on any atom is -0.256 e. The van der Waals surface area contributed by atoms with Gasteiger partial charge in [0.05, 0.1) is 0 Å². The van der Waals surface area contributed by atoms with E-state index in [1.165, 1.54) is 11.8 Å². The molecule has 0 spiro atoms. The van der Waals surface area contributed by atoms with Crippen molar-refractivity contribution in [1.82, 2.24) is 9.78 Å². The van der Waals surface area contributed by atoms with E-state index >= 15 is 0 Å². The van der Waals surface area contributed by atoms with Crippen LogP contribution in [0.25, 0.3) is 0 Å². The van der Waals surface area contributed by atoms with Crippen molar-refractivity contribution in [3.8, 4) is 0 Å². The molecule has 0 saturated heterocycles. The molecule has 1 radical (unpaired) electrons. The maximum absolute atomic E-state index is 12.6. The maximum atomic E-state index is 12.6. The second-order valence-corrected chi connectivity index (χ2v) is 2.55. The third-order valence-electron chi connectivity index (χ3n) is 1.18. The van der Waals surface area contributed by atoms with Crippen molar-refractivity contribution in [2.45, 2.75) is 18.5 Å². The van der Waals surface area contributed by atoms with Gasteiger partial charge >= 0.3 is 0 Å². The first-order chi connectivity index (χ1) is 4.79. The highest BCUT2D eigenvalue weighted by molar-refractivity contribution is 7.98. The zero-order valence-corrected chi connectivity index (χ0v) is 6.70. The fourth-order valence-electron chi connectivity index (χ4n) is 0.720. The Labute approximate surface area is 63.4 Å². The van der Waals surface area contributed by atoms with E-state index < -0.39 is 0 Å². The predicted molar refractivity (Wildman–Crippen MR) is 38.5 cm³/mol. The van der Waals surface area contributed by atoms with Gasteiger partial charge in [-0.05, 0) is 13.2 Å². The van der Waals surface area contributed by atoms with Gasteiger partial charge in [0.1, 0.15) is 5.03 Å². The van der Waals surface area contributed by atoms with E-state index in [4.69, 9.17) is 0 Å². The summed E-state index contributed by atoms with van der Waals surface area (Å²) >= 11 is 1.35. The van der Waals surface area contributed by atoms with E-state index in [-0.39, 0.29) is 5.82 Å². The minimum absolute atomic E-state index is 0.352. The number of halogens is 1. The molecule has 0 N–H and O–H groups in total. The highest BCUT2D eigenvalue weighted by atomic mass is 32.2. The largest absolute Gasteiger partial charge is 0.256 e. The fraction of sp³-hybridized carbons (Fsp3) is 0.500. The van der Waals surface area contributed by atoms with Crippen molar-refractivity contribution >= 4 is 11.8 Å². The van der Waals surface area contributed by atoms with Crippen molar-refractivity contribution in [3.63, 3.8) is 0 Å². The number of aromatic nitrogens is 2. The van der Waals surface area contributed by atoms with Crippen LogP contribution in [0.3, 0.4) is 0 Å². The summed E-state index contributed by atoms with van der Waals surface area (Å²) in [4.78, 5) is 0. The van der Waals surface area contributed by atoms with Crippen LogP contribution in [-0.2, 0) is 6.54 Å². The lowest BCUT2D eigenvalue weighted by molar-refractivity contribution is 0.552. The number of hydrogen-bond donors (Lipinski definition) is 0. The van der Waals surface area contributed by atoms with Crippen LogP contribution in [0.1, 0.15) is 6.92 Å². The molecule has 0 saturated carbocycles. The summed E-state index contributed by atoms with van der Waals surface area (Å²) in [5.41, 5.74) is 0. The summed E-state index contributed by atoms with van der Waals surface area (Å²) < 4.78 is 14.2. The van der Waals surface area contributed by atoms with E-state index in [2.05, 4.69) is 11.3 Å². The topological polar surface area (TPSA) is 17.8 Å². The molecule has 1 heterocycles. The van der Waals surface area contributed by atoms with E-state index in [1.54, 1.807) is 4.68 Å². The standard InChI is InChI=1S/C6H8FN2S/c1-3-9-6(10-2)5(7)4-8-9/h3H2,1-2H3. The summed E-state index contributed by atoms with van der Waals surface area (Å²) in [7, 11) is 0. The normalized spacial score (nSPS) is 10.3. The molecule has 2 nitrogen and oxygen atoms in total. The number of hydrogen-bond acceptors (Lipinski definition) is 2. The Hall–Kier alpha value is -0.510. The summed E-state index contributed by atoms with van der Waals surface area (Å²) in [5.74, 6) is -0.352. The van der Waals surface area contributed by atoms with Gasteiger partial charge in [0.2, 0.25) is 0 Å². The first kappa shape index (κ1) is 7.60. The molecule has 4 heteroatoms. The van der Waals surface area contributed by atoms with Gasteiger partial charge in [-0.2, -0.15) is 5.10 Å². The molecule has 0 amide bonds. The highest BCUT2D eigenvalue weighted by Crippen LogP contribution is 2.17. The molecule has 0 aliphatic rings. The number of rotatable bonds is 2. The number of thioether (sulfide) groups is 1. The first-order valence-electron chi connectivity index (χ1n) is 2.97. The Balaban J connectivity index is 3.01. The number of aryl methyl sites for hydroxylation is 1. The van der Waals surface area contributed by atoms with E-state index in [9.17, 15) is 4.39 Å². The monoisotopic (exact) mass is 159 g/mol. The molecule has 0 aromatic carbocycles. The minimum atomic E-state index is -0.352. The lowest BCUT2D eigenvalue weighted by atomic mass is 10.7. The Morgan fingerprint density at radius 2 is 2.50 bits per heavy atom. The van der Waals surface area contributed by atoms with Gasteiger partial charge in [-0.15, -0.1) is 11.8 Å². The summed E-state index contributed by atoms with van der Waals surface area (Å²) in [6, 6.07) is 0. The smallest absolute Gasteiger partial charge is 0.184 e. The fourth-order valence-corrected chi connectivity index (χ4v) is 1.33. The van der Waals surface area contributed by atoms with Crippen molar-refractivity contribution < 1.29 is 4.39 Å². The Morgan fingerprint density at radius 1 is 1.80 bits per heavy atom. The van der Waals surface area contributed by atoms with Gasteiger partial charge in [-0.1, -0.05) is 0 Å². The van der Waals surface area contributed by atoms with Crippen LogP contribution in [-0.4, -0.2) is 16.0 Å². The van der Waals surface area contributed by atoms with Crippen molar-refractivity contribution in [3.05, 3.63) is 12.0 Å². The van der Waals surface area contributed by atoms with Gasteiger partial charge in [0, 0.05) is 6.54 Å². The van der Waals surface area contributed by atoms with Crippen LogP contribution in [0.15, 0.2) is 5.03 Å². The zero-order valence-electron chi connectivity index (χ0n) is 5.89. The van der Waals surface area contributed by atoms with Crippen molar-refractivity contribution in [2.75, 3.05) is 6.26 Å². The van der Waals surface area contributed by atoms with Crippen LogP contribution < -0.4 is 0 Å². The molecular weight excluding hydrogens is 151 g/mol. The molecule has 0 aliphatic carbocycles. The molecule has 0 bridgehead atoms.